The van der Waals surface area contributed by atoms with Crippen molar-refractivity contribution in [1.82, 2.24) is 0 Å². The van der Waals surface area contributed by atoms with Crippen molar-refractivity contribution < 1.29 is 17.9 Å². The molecular weight excluding hydrogens is 398 g/mol. The maximum absolute atomic E-state index is 13.2. The highest BCUT2D eigenvalue weighted by atomic mass is 35.5. The van der Waals surface area contributed by atoms with Crippen LogP contribution in [0.4, 0.5) is 5.69 Å². The molecule has 0 spiro atoms. The molecule has 0 aromatic heterocycles. The fourth-order valence-electron chi connectivity index (χ4n) is 3.23. The first-order chi connectivity index (χ1) is 13.3. The second-order valence-electron chi connectivity index (χ2n) is 6.51. The third-order valence-corrected chi connectivity index (χ3v) is 6.01. The summed E-state index contributed by atoms with van der Waals surface area (Å²) in [5.74, 6) is 0.282. The zero-order valence-corrected chi connectivity index (χ0v) is 16.4. The van der Waals surface area contributed by atoms with Gasteiger partial charge >= 0.3 is 0 Å². The normalized spacial score (nSPS) is 13.2. The number of ether oxygens (including phenoxy) is 1. The molecule has 28 heavy (non-hydrogen) atoms. The van der Waals surface area contributed by atoms with Crippen LogP contribution in [0.2, 0.25) is 5.02 Å². The van der Waals surface area contributed by atoms with Crippen molar-refractivity contribution in [2.75, 3.05) is 11.6 Å². The molecule has 4 rings (SSSR count). The largest absolute Gasteiger partial charge is 0.457 e. The number of amides is 1. The summed E-state index contributed by atoms with van der Waals surface area (Å²) in [6.45, 7) is 0. The Hall–Kier alpha value is -2.83. The number of fused-ring (bicyclic) bond motifs is 2. The Kier molecular flexibility index (Phi) is 4.61. The lowest BCUT2D eigenvalue weighted by Crippen LogP contribution is -2.25. The molecule has 5 nitrogen and oxygen atoms in total. The topological polar surface area (TPSA) is 72.5 Å². The van der Waals surface area contributed by atoms with Gasteiger partial charge in [0.25, 0.3) is 0 Å². The van der Waals surface area contributed by atoms with E-state index in [2.05, 4.69) is 5.32 Å². The van der Waals surface area contributed by atoms with Crippen molar-refractivity contribution >= 4 is 33.0 Å². The van der Waals surface area contributed by atoms with Gasteiger partial charge in [-0.15, -0.1) is 0 Å². The smallest absolute Gasteiger partial charge is 0.236 e. The standard InChI is InChI=1S/C21H16ClNO4S/c1-28(25,26)13-10-11-16(22)17(12-13)23-21(24)20-14-6-2-4-8-18(14)27-19-9-5-3-7-15(19)20/h2-12,20H,1H3,(H,23,24). The van der Waals surface area contributed by atoms with Crippen molar-refractivity contribution in [1.29, 1.82) is 0 Å². The summed E-state index contributed by atoms with van der Waals surface area (Å²) in [4.78, 5) is 13.3. The van der Waals surface area contributed by atoms with E-state index in [0.29, 0.717) is 11.5 Å². The van der Waals surface area contributed by atoms with Crippen molar-refractivity contribution in [3.63, 3.8) is 0 Å². The predicted octanol–water partition coefficient (Wildman–Crippen LogP) is 4.62. The maximum Gasteiger partial charge on any atom is 0.236 e. The zero-order valence-electron chi connectivity index (χ0n) is 14.8. The lowest BCUT2D eigenvalue weighted by atomic mass is 9.87. The Morgan fingerprint density at radius 1 is 0.964 bits per heavy atom. The van der Waals surface area contributed by atoms with Crippen LogP contribution in [0.3, 0.4) is 0 Å². The highest BCUT2D eigenvalue weighted by Crippen LogP contribution is 2.44. The van der Waals surface area contributed by atoms with Gasteiger partial charge in [0.15, 0.2) is 9.84 Å². The molecule has 0 unspecified atom stereocenters. The van der Waals surface area contributed by atoms with Gasteiger partial charge in [-0.2, -0.15) is 0 Å². The second-order valence-corrected chi connectivity index (χ2v) is 8.94. The number of anilines is 1. The van der Waals surface area contributed by atoms with E-state index in [0.717, 1.165) is 17.4 Å². The van der Waals surface area contributed by atoms with Gasteiger partial charge in [-0.25, -0.2) is 8.42 Å². The number of hydrogen-bond donors (Lipinski definition) is 1. The first kappa shape index (κ1) is 18.5. The molecule has 3 aromatic rings. The Labute approximate surface area is 167 Å². The lowest BCUT2D eigenvalue weighted by Gasteiger charge is -2.27. The molecule has 3 aromatic carbocycles. The van der Waals surface area contributed by atoms with Crippen LogP contribution in [-0.2, 0) is 14.6 Å². The SMILES string of the molecule is CS(=O)(=O)c1ccc(Cl)c(NC(=O)C2c3ccccc3Oc3ccccc32)c1. The molecule has 0 saturated carbocycles. The van der Waals surface area contributed by atoms with Crippen molar-refractivity contribution in [3.05, 3.63) is 82.9 Å². The number of sulfone groups is 1. The quantitative estimate of drug-likeness (QED) is 0.680. The number of nitrogens with one attached hydrogen (secondary N) is 1. The second kappa shape index (κ2) is 6.96. The fraction of sp³-hybridized carbons (Fsp3) is 0.0952. The summed E-state index contributed by atoms with van der Waals surface area (Å²) >= 11 is 6.20. The molecule has 1 amide bonds. The molecule has 0 radical (unpaired) electrons. The summed E-state index contributed by atoms with van der Waals surface area (Å²) in [5.41, 5.74) is 1.71. The number of rotatable bonds is 3. The van der Waals surface area contributed by atoms with Crippen LogP contribution in [0.1, 0.15) is 17.0 Å². The molecule has 0 bridgehead atoms. The van der Waals surface area contributed by atoms with E-state index in [4.69, 9.17) is 16.3 Å². The highest BCUT2D eigenvalue weighted by molar-refractivity contribution is 7.90. The Morgan fingerprint density at radius 3 is 2.11 bits per heavy atom. The summed E-state index contributed by atoms with van der Waals surface area (Å²) in [6, 6.07) is 18.9. The third-order valence-electron chi connectivity index (χ3n) is 4.57. The molecule has 0 fully saturated rings. The van der Waals surface area contributed by atoms with Crippen LogP contribution in [-0.4, -0.2) is 20.6 Å². The van der Waals surface area contributed by atoms with Crippen LogP contribution in [0.25, 0.3) is 0 Å². The van der Waals surface area contributed by atoms with Crippen LogP contribution in [0, 0.1) is 0 Å². The molecule has 1 aliphatic heterocycles. The minimum atomic E-state index is -3.43. The van der Waals surface area contributed by atoms with E-state index in [9.17, 15) is 13.2 Å². The average molecular weight is 414 g/mol. The van der Waals surface area contributed by atoms with E-state index in [1.165, 1.54) is 18.2 Å². The summed E-state index contributed by atoms with van der Waals surface area (Å²) < 4.78 is 29.6. The molecule has 1 heterocycles. The number of para-hydroxylation sites is 2. The van der Waals surface area contributed by atoms with E-state index < -0.39 is 15.8 Å². The van der Waals surface area contributed by atoms with Gasteiger partial charge in [-0.05, 0) is 30.3 Å². The Bertz CT molecular complexity index is 1150. The summed E-state index contributed by atoms with van der Waals surface area (Å²) in [6.07, 6.45) is 1.10. The van der Waals surface area contributed by atoms with Gasteiger partial charge in [0.2, 0.25) is 5.91 Å². The van der Waals surface area contributed by atoms with E-state index in [1.54, 1.807) is 0 Å². The van der Waals surface area contributed by atoms with Gasteiger partial charge in [0.05, 0.1) is 21.5 Å². The minimum Gasteiger partial charge on any atom is -0.457 e. The van der Waals surface area contributed by atoms with Gasteiger partial charge in [0.1, 0.15) is 11.5 Å². The van der Waals surface area contributed by atoms with Crippen molar-refractivity contribution in [3.8, 4) is 11.5 Å². The maximum atomic E-state index is 13.2. The number of benzene rings is 3. The first-order valence-corrected chi connectivity index (χ1v) is 10.8. The van der Waals surface area contributed by atoms with E-state index in [1.807, 2.05) is 48.5 Å². The first-order valence-electron chi connectivity index (χ1n) is 8.51. The Balaban J connectivity index is 1.76. The number of carbonyl (C=O) groups is 1. The monoisotopic (exact) mass is 413 g/mol. The molecule has 142 valence electrons. The number of carbonyl (C=O) groups excluding carboxylic acids is 1. The van der Waals surface area contributed by atoms with Crippen molar-refractivity contribution in [2.45, 2.75) is 10.8 Å². The Morgan fingerprint density at radius 2 is 1.54 bits per heavy atom. The molecule has 0 saturated heterocycles. The van der Waals surface area contributed by atoms with Crippen LogP contribution < -0.4 is 10.1 Å². The number of hydrogen-bond acceptors (Lipinski definition) is 4. The molecular formula is C21H16ClNO4S. The van der Waals surface area contributed by atoms with Crippen LogP contribution in [0.5, 0.6) is 11.5 Å². The molecule has 0 atom stereocenters. The highest BCUT2D eigenvalue weighted by Gasteiger charge is 2.32. The fourth-order valence-corrected chi connectivity index (χ4v) is 4.04. The van der Waals surface area contributed by atoms with Gasteiger partial charge in [-0.3, -0.25) is 4.79 Å². The zero-order chi connectivity index (χ0) is 19.9. The predicted molar refractivity (Wildman–Crippen MR) is 108 cm³/mol. The molecule has 1 N–H and O–H groups in total. The minimum absolute atomic E-state index is 0.0833. The molecule has 7 heteroatoms. The lowest BCUT2D eigenvalue weighted by molar-refractivity contribution is -0.116. The number of halogens is 1. The van der Waals surface area contributed by atoms with Gasteiger partial charge in [0, 0.05) is 17.4 Å². The van der Waals surface area contributed by atoms with Crippen LogP contribution >= 0.6 is 11.6 Å². The van der Waals surface area contributed by atoms with E-state index >= 15 is 0 Å². The van der Waals surface area contributed by atoms with Gasteiger partial charge in [-0.1, -0.05) is 48.0 Å². The molecule has 1 aliphatic rings. The molecule has 0 aliphatic carbocycles. The third kappa shape index (κ3) is 3.37. The van der Waals surface area contributed by atoms with Crippen molar-refractivity contribution in [2.24, 2.45) is 0 Å². The average Bonchev–Trinajstić information content (AvgIpc) is 2.66. The van der Waals surface area contributed by atoms with Crippen LogP contribution in [0.15, 0.2) is 71.6 Å². The van der Waals surface area contributed by atoms with E-state index in [-0.39, 0.29) is 21.5 Å². The summed E-state index contributed by atoms with van der Waals surface area (Å²) in [7, 11) is -3.43. The van der Waals surface area contributed by atoms with Gasteiger partial charge < -0.3 is 10.1 Å². The summed E-state index contributed by atoms with van der Waals surface area (Å²) in [5, 5.41) is 3.04.